The van der Waals surface area contributed by atoms with Gasteiger partial charge >= 0.3 is 0 Å². The molecule has 1 aromatic carbocycles. The van der Waals surface area contributed by atoms with Crippen LogP contribution in [0.1, 0.15) is 38.5 Å². The minimum absolute atomic E-state index is 0.177. The normalized spacial score (nSPS) is 25.6. The second-order valence-electron chi connectivity index (χ2n) is 8.35. The van der Waals surface area contributed by atoms with E-state index in [1.807, 2.05) is 18.2 Å². The van der Waals surface area contributed by atoms with Gasteiger partial charge in [-0.1, -0.05) is 44.4 Å². The third-order valence-corrected chi connectivity index (χ3v) is 11.2. The summed E-state index contributed by atoms with van der Waals surface area (Å²) in [6.45, 7) is 11.3. The highest BCUT2D eigenvalue weighted by atomic mass is 32.1. The van der Waals surface area contributed by atoms with Gasteiger partial charge in [0.15, 0.2) is 8.32 Å². The van der Waals surface area contributed by atoms with Crippen LogP contribution in [0.4, 0.5) is 0 Å². The Morgan fingerprint density at radius 1 is 1.26 bits per heavy atom. The van der Waals surface area contributed by atoms with Gasteiger partial charge < -0.3 is 9.53 Å². The molecule has 0 aliphatic heterocycles. The highest BCUT2D eigenvalue weighted by Crippen LogP contribution is 2.49. The van der Waals surface area contributed by atoms with Crippen molar-refractivity contribution in [3.63, 3.8) is 0 Å². The van der Waals surface area contributed by atoms with Gasteiger partial charge in [-0.2, -0.15) is 0 Å². The Kier molecular flexibility index (Phi) is 4.08. The monoisotopic (exact) mass is 344 g/mol. The zero-order chi connectivity index (χ0) is 17.0. The quantitative estimate of drug-likeness (QED) is 0.851. The van der Waals surface area contributed by atoms with Gasteiger partial charge in [0.1, 0.15) is 13.4 Å². The lowest BCUT2D eigenvalue weighted by Crippen LogP contribution is -2.52. The molecule has 2 aromatic rings. The maximum absolute atomic E-state index is 10.9. The summed E-state index contributed by atoms with van der Waals surface area (Å²) >= 11 is 1.65. The van der Waals surface area contributed by atoms with E-state index in [2.05, 4.69) is 39.9 Å². The van der Waals surface area contributed by atoms with Crippen LogP contribution in [0.3, 0.4) is 0 Å². The molecule has 0 saturated heterocycles. The smallest absolute Gasteiger partial charge is 0.192 e. The van der Waals surface area contributed by atoms with Crippen LogP contribution in [-0.2, 0) is 10.0 Å². The third kappa shape index (κ3) is 3.16. The van der Waals surface area contributed by atoms with Gasteiger partial charge in [-0.3, -0.25) is 0 Å². The van der Waals surface area contributed by atoms with Crippen LogP contribution in [-0.4, -0.2) is 27.4 Å². The minimum Gasteiger partial charge on any atom is -0.414 e. The van der Waals surface area contributed by atoms with E-state index >= 15 is 0 Å². The molecule has 5 heteroatoms. The number of aliphatic hydroxyl groups is 1. The molecule has 1 fully saturated rings. The first-order chi connectivity index (χ1) is 10.5. The van der Waals surface area contributed by atoms with Crippen molar-refractivity contribution in [2.75, 3.05) is 0 Å². The van der Waals surface area contributed by atoms with Crippen LogP contribution < -0.4 is 5.46 Å². The SMILES string of the molecule is [B]c1ccc2cc(C3(O)CC(O[Si](C)(C)C(C)(C)C)C3)sc2c1. The molecule has 0 unspecified atom stereocenters. The standard InChI is InChI=1S/C18H25BO2SSi/c1-17(2,3)23(4,5)21-14-10-18(20,11-14)16-8-12-6-7-13(19)9-15(12)22-16/h6-9,14,20H,10-11H2,1-5H3. The maximum Gasteiger partial charge on any atom is 0.192 e. The number of thiophene rings is 1. The van der Waals surface area contributed by atoms with Crippen molar-refractivity contribution in [1.82, 2.24) is 0 Å². The summed E-state index contributed by atoms with van der Waals surface area (Å²) in [5.41, 5.74) is 0.0384. The van der Waals surface area contributed by atoms with E-state index in [-0.39, 0.29) is 11.1 Å². The van der Waals surface area contributed by atoms with Crippen molar-refractivity contribution >= 4 is 43.0 Å². The number of hydrogen-bond donors (Lipinski definition) is 1. The van der Waals surface area contributed by atoms with Crippen molar-refractivity contribution < 1.29 is 9.53 Å². The molecule has 0 amide bonds. The molecule has 3 rings (SSSR count). The number of benzene rings is 1. The van der Waals surface area contributed by atoms with Crippen molar-refractivity contribution in [2.45, 2.75) is 63.5 Å². The summed E-state index contributed by atoms with van der Waals surface area (Å²) in [5, 5.41) is 12.3. The van der Waals surface area contributed by atoms with E-state index < -0.39 is 13.9 Å². The Bertz CT molecular complexity index is 726. The second kappa shape index (κ2) is 5.45. The summed E-state index contributed by atoms with van der Waals surface area (Å²) in [5.74, 6) is 0. The molecule has 0 atom stereocenters. The van der Waals surface area contributed by atoms with Crippen molar-refractivity contribution in [3.05, 3.63) is 29.1 Å². The fourth-order valence-corrected chi connectivity index (χ4v) is 5.42. The highest BCUT2D eigenvalue weighted by Gasteiger charge is 2.49. The Balaban J connectivity index is 1.73. The van der Waals surface area contributed by atoms with Gasteiger partial charge in [0.05, 0.1) is 6.10 Å². The van der Waals surface area contributed by atoms with Gasteiger partial charge in [-0.15, -0.1) is 11.3 Å². The number of fused-ring (bicyclic) bond motifs is 1. The van der Waals surface area contributed by atoms with Crippen molar-refractivity contribution in [2.24, 2.45) is 0 Å². The first-order valence-electron chi connectivity index (χ1n) is 8.20. The lowest BCUT2D eigenvalue weighted by atomic mass is 9.76. The zero-order valence-corrected chi connectivity index (χ0v) is 16.5. The van der Waals surface area contributed by atoms with Crippen LogP contribution in [0.5, 0.6) is 0 Å². The van der Waals surface area contributed by atoms with E-state index in [0.29, 0.717) is 12.8 Å². The molecule has 2 radical (unpaired) electrons. The summed E-state index contributed by atoms with van der Waals surface area (Å²) in [7, 11) is 4.08. The van der Waals surface area contributed by atoms with Crippen LogP contribution in [0.15, 0.2) is 24.3 Å². The molecule has 1 saturated carbocycles. The highest BCUT2D eigenvalue weighted by molar-refractivity contribution is 7.19. The number of hydrogen-bond acceptors (Lipinski definition) is 3. The average molecular weight is 344 g/mol. The Morgan fingerprint density at radius 3 is 2.52 bits per heavy atom. The summed E-state index contributed by atoms with van der Waals surface area (Å²) in [6, 6.07) is 8.01. The predicted octanol–water partition coefficient (Wildman–Crippen LogP) is 4.07. The van der Waals surface area contributed by atoms with Crippen LogP contribution in [0, 0.1) is 0 Å². The minimum atomic E-state index is -1.76. The number of rotatable bonds is 3. The lowest BCUT2D eigenvalue weighted by Gasteiger charge is -2.48. The topological polar surface area (TPSA) is 29.5 Å². The molecular weight excluding hydrogens is 319 g/mol. The van der Waals surface area contributed by atoms with Gasteiger partial charge in [0.25, 0.3) is 0 Å². The van der Waals surface area contributed by atoms with E-state index in [9.17, 15) is 5.11 Å². The molecule has 122 valence electrons. The van der Waals surface area contributed by atoms with Gasteiger partial charge in [0, 0.05) is 22.4 Å². The predicted molar refractivity (Wildman–Crippen MR) is 102 cm³/mol. The fraction of sp³-hybridized carbons (Fsp3) is 0.556. The van der Waals surface area contributed by atoms with Crippen LogP contribution >= 0.6 is 11.3 Å². The Hall–Kier alpha value is -0.618. The molecule has 1 aliphatic rings. The average Bonchev–Trinajstić information content (AvgIpc) is 2.78. The largest absolute Gasteiger partial charge is 0.414 e. The molecule has 1 aliphatic carbocycles. The maximum atomic E-state index is 10.9. The summed E-state index contributed by atoms with van der Waals surface area (Å²) < 4.78 is 7.55. The van der Waals surface area contributed by atoms with Gasteiger partial charge in [0.2, 0.25) is 0 Å². The van der Waals surface area contributed by atoms with Crippen molar-refractivity contribution in [3.8, 4) is 0 Å². The van der Waals surface area contributed by atoms with E-state index in [0.717, 1.165) is 20.4 Å². The molecule has 1 N–H and O–H groups in total. The van der Waals surface area contributed by atoms with Crippen molar-refractivity contribution in [1.29, 1.82) is 0 Å². The van der Waals surface area contributed by atoms with Gasteiger partial charge in [-0.25, -0.2) is 0 Å². The zero-order valence-electron chi connectivity index (χ0n) is 14.6. The van der Waals surface area contributed by atoms with Crippen LogP contribution in [0.25, 0.3) is 10.1 Å². The first kappa shape index (κ1) is 17.2. The second-order valence-corrected chi connectivity index (χ2v) is 14.2. The molecule has 23 heavy (non-hydrogen) atoms. The van der Waals surface area contributed by atoms with E-state index in [1.54, 1.807) is 11.3 Å². The van der Waals surface area contributed by atoms with E-state index in [4.69, 9.17) is 12.3 Å². The molecule has 0 spiro atoms. The molecule has 2 nitrogen and oxygen atoms in total. The lowest BCUT2D eigenvalue weighted by molar-refractivity contribution is -0.111. The van der Waals surface area contributed by atoms with Crippen LogP contribution in [0.2, 0.25) is 18.1 Å². The summed E-state index contributed by atoms with van der Waals surface area (Å²) in [6.07, 6.45) is 1.57. The molecular formula is C18H25BO2SSi. The summed E-state index contributed by atoms with van der Waals surface area (Å²) in [4.78, 5) is 1.04. The fourth-order valence-electron chi connectivity index (χ4n) is 2.85. The molecule has 0 bridgehead atoms. The first-order valence-corrected chi connectivity index (χ1v) is 11.9. The third-order valence-electron chi connectivity index (χ3n) is 5.40. The Morgan fingerprint density at radius 2 is 1.91 bits per heavy atom. The molecule has 1 heterocycles. The Labute approximate surface area is 145 Å². The van der Waals surface area contributed by atoms with E-state index in [1.165, 1.54) is 0 Å². The molecule has 1 aromatic heterocycles. The van der Waals surface area contributed by atoms with Gasteiger partial charge in [-0.05, 0) is 29.6 Å².